The van der Waals surface area contributed by atoms with Gasteiger partial charge in [-0.25, -0.2) is 0 Å². The Bertz CT molecular complexity index is 386. The molecule has 4 nitrogen and oxygen atoms in total. The average Bonchev–Trinajstić information content (AvgIpc) is 2.79. The smallest absolute Gasteiger partial charge is 0.140 e. The van der Waals surface area contributed by atoms with E-state index in [2.05, 4.69) is 33.0 Å². The standard InChI is InChI=1S/C10H14BrN3O/c1-13-4-3-10(8(6-13)15-10)9-7(11)5-12-14(9)2/h5,8H,3-4,6H2,1-2H3/t8-,10-/m0/s1. The Morgan fingerprint density at radius 2 is 2.40 bits per heavy atom. The van der Waals surface area contributed by atoms with Crippen molar-refractivity contribution in [2.24, 2.45) is 7.05 Å². The first-order valence-electron chi connectivity index (χ1n) is 5.18. The first-order valence-corrected chi connectivity index (χ1v) is 5.97. The van der Waals surface area contributed by atoms with E-state index >= 15 is 0 Å². The van der Waals surface area contributed by atoms with Crippen LogP contribution in [0.1, 0.15) is 12.1 Å². The van der Waals surface area contributed by atoms with Gasteiger partial charge in [0.2, 0.25) is 0 Å². The fraction of sp³-hybridized carbons (Fsp3) is 0.700. The van der Waals surface area contributed by atoms with Crippen molar-refractivity contribution in [1.29, 1.82) is 0 Å². The van der Waals surface area contributed by atoms with E-state index in [9.17, 15) is 0 Å². The second kappa shape index (κ2) is 3.06. The van der Waals surface area contributed by atoms with Crippen LogP contribution in [-0.4, -0.2) is 40.9 Å². The van der Waals surface area contributed by atoms with Crippen molar-refractivity contribution in [2.45, 2.75) is 18.1 Å². The predicted octanol–water partition coefficient (Wildman–Crippen LogP) is 1.11. The summed E-state index contributed by atoms with van der Waals surface area (Å²) in [5, 5.41) is 4.26. The molecule has 0 amide bonds. The fourth-order valence-corrected chi connectivity index (χ4v) is 3.25. The van der Waals surface area contributed by atoms with Crippen LogP contribution in [0, 0.1) is 0 Å². The minimum absolute atomic E-state index is 0.0589. The summed E-state index contributed by atoms with van der Waals surface area (Å²) in [6.45, 7) is 2.12. The maximum atomic E-state index is 5.91. The summed E-state index contributed by atoms with van der Waals surface area (Å²) in [7, 11) is 4.12. The van der Waals surface area contributed by atoms with Crippen LogP contribution in [0.3, 0.4) is 0 Å². The van der Waals surface area contributed by atoms with Gasteiger partial charge in [-0.3, -0.25) is 4.68 Å². The molecule has 82 valence electrons. The second-order valence-electron chi connectivity index (χ2n) is 4.47. The Morgan fingerprint density at radius 3 is 3.00 bits per heavy atom. The zero-order chi connectivity index (χ0) is 10.6. The van der Waals surface area contributed by atoms with Gasteiger partial charge in [-0.2, -0.15) is 5.10 Å². The number of rotatable bonds is 1. The van der Waals surface area contributed by atoms with E-state index in [-0.39, 0.29) is 5.60 Å². The molecule has 15 heavy (non-hydrogen) atoms. The van der Waals surface area contributed by atoms with Gasteiger partial charge in [0, 0.05) is 20.1 Å². The van der Waals surface area contributed by atoms with Crippen molar-refractivity contribution < 1.29 is 4.74 Å². The lowest BCUT2D eigenvalue weighted by Crippen LogP contribution is -2.36. The number of likely N-dealkylation sites (tertiary alicyclic amines) is 1. The number of hydrogen-bond acceptors (Lipinski definition) is 3. The maximum Gasteiger partial charge on any atom is 0.140 e. The predicted molar refractivity (Wildman–Crippen MR) is 59.6 cm³/mol. The molecule has 0 aliphatic carbocycles. The molecule has 0 N–H and O–H groups in total. The molecule has 3 heterocycles. The molecule has 2 aliphatic heterocycles. The zero-order valence-electron chi connectivity index (χ0n) is 8.90. The highest BCUT2D eigenvalue weighted by Gasteiger charge is 2.61. The van der Waals surface area contributed by atoms with Gasteiger partial charge in [-0.05, 0) is 29.4 Å². The van der Waals surface area contributed by atoms with E-state index < -0.39 is 0 Å². The molecule has 3 rings (SSSR count). The SMILES string of the molecule is CN1CC[C@]2(c3c(Br)cnn3C)O[C@H]2C1. The highest BCUT2D eigenvalue weighted by molar-refractivity contribution is 9.10. The summed E-state index contributed by atoms with van der Waals surface area (Å²) in [5.41, 5.74) is 1.14. The lowest BCUT2D eigenvalue weighted by Gasteiger charge is -2.25. The number of aryl methyl sites for hydroxylation is 1. The monoisotopic (exact) mass is 271 g/mol. The van der Waals surface area contributed by atoms with Gasteiger partial charge in [0.15, 0.2) is 0 Å². The number of halogens is 1. The number of fused-ring (bicyclic) bond motifs is 1. The van der Waals surface area contributed by atoms with Crippen molar-refractivity contribution in [2.75, 3.05) is 20.1 Å². The Hall–Kier alpha value is -0.390. The van der Waals surface area contributed by atoms with Crippen LogP contribution < -0.4 is 0 Å². The van der Waals surface area contributed by atoms with E-state index in [1.165, 1.54) is 5.69 Å². The molecule has 2 atom stereocenters. The van der Waals surface area contributed by atoms with E-state index in [0.29, 0.717) is 6.10 Å². The number of piperidine rings is 1. The molecule has 2 fully saturated rings. The van der Waals surface area contributed by atoms with Crippen LogP contribution in [0.25, 0.3) is 0 Å². The molecular weight excluding hydrogens is 258 g/mol. The van der Waals surface area contributed by atoms with E-state index in [4.69, 9.17) is 4.74 Å². The van der Waals surface area contributed by atoms with Crippen LogP contribution in [0.5, 0.6) is 0 Å². The lowest BCUT2D eigenvalue weighted by molar-refractivity contribution is 0.252. The van der Waals surface area contributed by atoms with Gasteiger partial charge in [-0.15, -0.1) is 0 Å². The van der Waals surface area contributed by atoms with Crippen LogP contribution >= 0.6 is 15.9 Å². The van der Waals surface area contributed by atoms with Gasteiger partial charge in [0.25, 0.3) is 0 Å². The second-order valence-corrected chi connectivity index (χ2v) is 5.33. The summed E-state index contributed by atoms with van der Waals surface area (Å²) >= 11 is 3.55. The third-order valence-electron chi connectivity index (χ3n) is 3.45. The van der Waals surface area contributed by atoms with Crippen molar-refractivity contribution in [3.63, 3.8) is 0 Å². The molecule has 0 spiro atoms. The molecule has 0 radical (unpaired) electrons. The average molecular weight is 272 g/mol. The van der Waals surface area contributed by atoms with Crippen LogP contribution in [-0.2, 0) is 17.4 Å². The van der Waals surface area contributed by atoms with E-state index in [1.54, 1.807) is 0 Å². The topological polar surface area (TPSA) is 33.6 Å². The Kier molecular flexibility index (Phi) is 2.00. The fourth-order valence-electron chi connectivity index (χ4n) is 2.57. The van der Waals surface area contributed by atoms with Gasteiger partial charge in [-0.1, -0.05) is 0 Å². The summed E-state index contributed by atoms with van der Waals surface area (Å²) in [5.74, 6) is 0. The summed E-state index contributed by atoms with van der Waals surface area (Å²) < 4.78 is 8.90. The van der Waals surface area contributed by atoms with Crippen molar-refractivity contribution in [1.82, 2.24) is 14.7 Å². The number of ether oxygens (including phenoxy) is 1. The highest BCUT2D eigenvalue weighted by atomic mass is 79.9. The van der Waals surface area contributed by atoms with E-state index in [1.807, 2.05) is 17.9 Å². The third kappa shape index (κ3) is 1.30. The minimum Gasteiger partial charge on any atom is -0.358 e. The van der Waals surface area contributed by atoms with Crippen molar-refractivity contribution in [3.8, 4) is 0 Å². The number of hydrogen-bond donors (Lipinski definition) is 0. The molecule has 5 heteroatoms. The molecular formula is C10H14BrN3O. The van der Waals surface area contributed by atoms with E-state index in [0.717, 1.165) is 24.0 Å². The van der Waals surface area contributed by atoms with Crippen molar-refractivity contribution >= 4 is 15.9 Å². The molecule has 1 aromatic rings. The molecule has 0 aromatic carbocycles. The summed E-state index contributed by atoms with van der Waals surface area (Å²) in [6.07, 6.45) is 3.26. The lowest BCUT2D eigenvalue weighted by atomic mass is 9.93. The van der Waals surface area contributed by atoms with Crippen LogP contribution in [0.2, 0.25) is 0 Å². The van der Waals surface area contributed by atoms with Gasteiger partial charge >= 0.3 is 0 Å². The van der Waals surface area contributed by atoms with Crippen LogP contribution in [0.15, 0.2) is 10.7 Å². The largest absolute Gasteiger partial charge is 0.358 e. The normalized spacial score (nSPS) is 35.3. The molecule has 2 saturated heterocycles. The molecule has 2 aliphatic rings. The number of epoxide rings is 1. The maximum absolute atomic E-state index is 5.91. The number of nitrogens with zero attached hydrogens (tertiary/aromatic N) is 3. The quantitative estimate of drug-likeness (QED) is 0.718. The first kappa shape index (κ1) is 9.81. The Morgan fingerprint density at radius 1 is 1.60 bits per heavy atom. The first-order chi connectivity index (χ1) is 7.13. The molecule has 0 bridgehead atoms. The van der Waals surface area contributed by atoms with Gasteiger partial charge < -0.3 is 9.64 Å². The summed E-state index contributed by atoms with van der Waals surface area (Å²) in [6, 6.07) is 0. The number of aromatic nitrogens is 2. The molecule has 1 aromatic heterocycles. The zero-order valence-corrected chi connectivity index (χ0v) is 10.5. The Balaban J connectivity index is 1.96. The summed E-state index contributed by atoms with van der Waals surface area (Å²) in [4.78, 5) is 2.32. The number of likely N-dealkylation sites (N-methyl/N-ethyl adjacent to an activating group) is 1. The van der Waals surface area contributed by atoms with Gasteiger partial charge in [0.1, 0.15) is 11.7 Å². The van der Waals surface area contributed by atoms with Crippen molar-refractivity contribution in [3.05, 3.63) is 16.4 Å². The molecule has 0 saturated carbocycles. The third-order valence-corrected chi connectivity index (χ3v) is 4.03. The minimum atomic E-state index is -0.0589. The van der Waals surface area contributed by atoms with Gasteiger partial charge in [0.05, 0.1) is 16.4 Å². The Labute approximate surface area is 97.3 Å². The highest BCUT2D eigenvalue weighted by Crippen LogP contribution is 2.53. The molecule has 0 unspecified atom stereocenters. The van der Waals surface area contributed by atoms with Crippen LogP contribution in [0.4, 0.5) is 0 Å².